The van der Waals surface area contributed by atoms with Gasteiger partial charge in [-0.15, -0.1) is 11.8 Å². The Morgan fingerprint density at radius 1 is 1.16 bits per heavy atom. The Morgan fingerprint density at radius 2 is 1.95 bits per heavy atom. The lowest BCUT2D eigenvalue weighted by Gasteiger charge is -2.13. The lowest BCUT2D eigenvalue weighted by Crippen LogP contribution is -2.04. The Kier molecular flexibility index (Phi) is 5.14. The summed E-state index contributed by atoms with van der Waals surface area (Å²) in [6.07, 6.45) is 2.80. The van der Waals surface area contributed by atoms with E-state index in [-0.39, 0.29) is 0 Å². The highest BCUT2D eigenvalue weighted by molar-refractivity contribution is 7.98. The number of benzene rings is 2. The second-order valence-electron chi connectivity index (χ2n) is 4.04. The zero-order valence-electron chi connectivity index (χ0n) is 10.7. The van der Waals surface area contributed by atoms with Crippen LogP contribution in [0.1, 0.15) is 5.56 Å². The van der Waals surface area contributed by atoms with Crippen molar-refractivity contribution in [2.45, 2.75) is 11.3 Å². The largest absolute Gasteiger partial charge is 0.456 e. The number of nitrogens with two attached hydrogens (primary N) is 1. The van der Waals surface area contributed by atoms with E-state index in [4.69, 9.17) is 22.1 Å². The topological polar surface area (TPSA) is 35.2 Å². The molecule has 4 heteroatoms. The minimum Gasteiger partial charge on any atom is -0.456 e. The first-order chi connectivity index (χ1) is 9.24. The molecule has 2 N–H and O–H groups in total. The highest BCUT2D eigenvalue weighted by Crippen LogP contribution is 2.34. The number of hydrogen-bond acceptors (Lipinski definition) is 3. The van der Waals surface area contributed by atoms with Crippen molar-refractivity contribution in [1.82, 2.24) is 0 Å². The minimum atomic E-state index is 0.585. The van der Waals surface area contributed by atoms with Gasteiger partial charge in [0, 0.05) is 9.92 Å². The summed E-state index contributed by atoms with van der Waals surface area (Å²) in [5, 5.41) is 0.664. The Morgan fingerprint density at radius 3 is 2.68 bits per heavy atom. The van der Waals surface area contributed by atoms with Gasteiger partial charge in [-0.3, -0.25) is 0 Å². The number of ether oxygens (including phenoxy) is 1. The third-order valence-electron chi connectivity index (χ3n) is 2.73. The van der Waals surface area contributed by atoms with Crippen LogP contribution >= 0.6 is 23.4 Å². The van der Waals surface area contributed by atoms with Gasteiger partial charge in [0.15, 0.2) is 0 Å². The van der Waals surface area contributed by atoms with Crippen LogP contribution < -0.4 is 10.5 Å². The molecular formula is C15H16ClNOS. The fraction of sp³-hybridized carbons (Fsp3) is 0.200. The molecule has 2 aromatic rings. The van der Waals surface area contributed by atoms with Crippen LogP contribution in [0.2, 0.25) is 5.02 Å². The zero-order valence-corrected chi connectivity index (χ0v) is 12.3. The van der Waals surface area contributed by atoms with Crippen LogP contribution in [0, 0.1) is 0 Å². The van der Waals surface area contributed by atoms with Gasteiger partial charge in [0.05, 0.1) is 0 Å². The van der Waals surface area contributed by atoms with Crippen LogP contribution in [-0.2, 0) is 6.42 Å². The van der Waals surface area contributed by atoms with Gasteiger partial charge >= 0.3 is 0 Å². The van der Waals surface area contributed by atoms with Crippen molar-refractivity contribution >= 4 is 23.4 Å². The SMILES string of the molecule is CSc1ccccc1Oc1cc(Cl)ccc1CCN. The third kappa shape index (κ3) is 3.66. The van der Waals surface area contributed by atoms with E-state index >= 15 is 0 Å². The van der Waals surface area contributed by atoms with Crippen molar-refractivity contribution in [3.63, 3.8) is 0 Å². The molecular weight excluding hydrogens is 278 g/mol. The smallest absolute Gasteiger partial charge is 0.140 e. The standard InChI is InChI=1S/C15H16ClNOS/c1-19-15-5-3-2-4-13(15)18-14-10-12(16)7-6-11(14)8-9-17/h2-7,10H,8-9,17H2,1H3. The van der Waals surface area contributed by atoms with Gasteiger partial charge in [0.2, 0.25) is 0 Å². The second kappa shape index (κ2) is 6.85. The summed E-state index contributed by atoms with van der Waals surface area (Å²) in [5.41, 5.74) is 6.70. The molecule has 19 heavy (non-hydrogen) atoms. The van der Waals surface area contributed by atoms with Crippen molar-refractivity contribution < 1.29 is 4.74 Å². The van der Waals surface area contributed by atoms with Crippen LogP contribution in [0.5, 0.6) is 11.5 Å². The molecule has 0 heterocycles. The van der Waals surface area contributed by atoms with Gasteiger partial charge in [0.1, 0.15) is 11.5 Å². The van der Waals surface area contributed by atoms with E-state index in [0.717, 1.165) is 28.4 Å². The lowest BCUT2D eigenvalue weighted by molar-refractivity contribution is 0.465. The maximum Gasteiger partial charge on any atom is 0.140 e. The highest BCUT2D eigenvalue weighted by Gasteiger charge is 2.08. The van der Waals surface area contributed by atoms with Gasteiger partial charge in [-0.25, -0.2) is 0 Å². The summed E-state index contributed by atoms with van der Waals surface area (Å²) in [4.78, 5) is 1.10. The highest BCUT2D eigenvalue weighted by atomic mass is 35.5. The maximum absolute atomic E-state index is 6.04. The van der Waals surface area contributed by atoms with Crippen LogP contribution in [0.4, 0.5) is 0 Å². The Bertz CT molecular complexity index is 560. The van der Waals surface area contributed by atoms with E-state index in [0.29, 0.717) is 11.6 Å². The zero-order chi connectivity index (χ0) is 13.7. The summed E-state index contributed by atoms with van der Waals surface area (Å²) in [6, 6.07) is 13.6. The van der Waals surface area contributed by atoms with Gasteiger partial charge in [-0.1, -0.05) is 29.8 Å². The van der Waals surface area contributed by atoms with E-state index in [1.807, 2.05) is 48.7 Å². The van der Waals surface area contributed by atoms with Crippen LogP contribution in [0.15, 0.2) is 47.4 Å². The molecule has 0 aliphatic carbocycles. The summed E-state index contributed by atoms with van der Waals surface area (Å²) < 4.78 is 6.00. The molecule has 0 aromatic heterocycles. The molecule has 0 bridgehead atoms. The van der Waals surface area contributed by atoms with Gasteiger partial charge in [-0.05, 0) is 49.1 Å². The Balaban J connectivity index is 2.34. The van der Waals surface area contributed by atoms with Gasteiger partial charge in [-0.2, -0.15) is 0 Å². The molecule has 0 saturated carbocycles. The summed E-state index contributed by atoms with van der Waals surface area (Å²) in [6.45, 7) is 0.585. The molecule has 0 amide bonds. The molecule has 0 aliphatic rings. The van der Waals surface area contributed by atoms with E-state index in [2.05, 4.69) is 0 Å². The Labute approximate surface area is 122 Å². The van der Waals surface area contributed by atoms with Gasteiger partial charge < -0.3 is 10.5 Å². The lowest BCUT2D eigenvalue weighted by atomic mass is 10.1. The monoisotopic (exact) mass is 293 g/mol. The van der Waals surface area contributed by atoms with Crippen molar-refractivity contribution in [3.05, 3.63) is 53.1 Å². The average Bonchev–Trinajstić information content (AvgIpc) is 2.42. The van der Waals surface area contributed by atoms with E-state index in [9.17, 15) is 0 Å². The van der Waals surface area contributed by atoms with Crippen LogP contribution in [0.25, 0.3) is 0 Å². The summed E-state index contributed by atoms with van der Waals surface area (Å²) in [5.74, 6) is 1.62. The summed E-state index contributed by atoms with van der Waals surface area (Å²) in [7, 11) is 0. The average molecular weight is 294 g/mol. The van der Waals surface area contributed by atoms with Crippen molar-refractivity contribution in [2.75, 3.05) is 12.8 Å². The number of hydrogen-bond donors (Lipinski definition) is 1. The Hall–Kier alpha value is -1.16. The summed E-state index contributed by atoms with van der Waals surface area (Å²) >= 11 is 7.70. The molecule has 0 fully saturated rings. The van der Waals surface area contributed by atoms with E-state index in [1.165, 1.54) is 0 Å². The predicted molar refractivity (Wildman–Crippen MR) is 82.5 cm³/mol. The van der Waals surface area contributed by atoms with Crippen LogP contribution in [0.3, 0.4) is 0 Å². The molecule has 0 aliphatic heterocycles. The van der Waals surface area contributed by atoms with Crippen molar-refractivity contribution in [2.24, 2.45) is 5.73 Å². The molecule has 100 valence electrons. The van der Waals surface area contributed by atoms with E-state index < -0.39 is 0 Å². The third-order valence-corrected chi connectivity index (χ3v) is 3.74. The normalized spacial score (nSPS) is 10.5. The van der Waals surface area contributed by atoms with Crippen molar-refractivity contribution in [3.8, 4) is 11.5 Å². The van der Waals surface area contributed by atoms with Gasteiger partial charge in [0.25, 0.3) is 0 Å². The first-order valence-corrected chi connectivity index (χ1v) is 7.64. The first kappa shape index (κ1) is 14.3. The molecule has 2 nitrogen and oxygen atoms in total. The number of thioether (sulfide) groups is 1. The molecule has 0 saturated heterocycles. The molecule has 0 atom stereocenters. The quantitative estimate of drug-likeness (QED) is 0.832. The molecule has 2 rings (SSSR count). The second-order valence-corrected chi connectivity index (χ2v) is 5.33. The minimum absolute atomic E-state index is 0.585. The fourth-order valence-corrected chi connectivity index (χ4v) is 2.49. The van der Waals surface area contributed by atoms with E-state index in [1.54, 1.807) is 11.8 Å². The molecule has 0 spiro atoms. The number of para-hydroxylation sites is 1. The fourth-order valence-electron chi connectivity index (χ4n) is 1.81. The maximum atomic E-state index is 6.04. The number of halogens is 1. The first-order valence-electron chi connectivity index (χ1n) is 6.04. The molecule has 2 aromatic carbocycles. The molecule has 0 radical (unpaired) electrons. The number of rotatable bonds is 5. The van der Waals surface area contributed by atoms with Crippen molar-refractivity contribution in [1.29, 1.82) is 0 Å². The predicted octanol–water partition coefficient (Wildman–Crippen LogP) is 4.36. The van der Waals surface area contributed by atoms with Crippen LogP contribution in [-0.4, -0.2) is 12.8 Å². The molecule has 0 unspecified atom stereocenters.